The molecule has 1 N–H and O–H groups in total. The Hall–Kier alpha value is -3.03. The topological polar surface area (TPSA) is 63.4 Å². The summed E-state index contributed by atoms with van der Waals surface area (Å²) in [5.41, 5.74) is 2.57. The number of hydrogen-bond acceptors (Lipinski definition) is 4. The van der Waals surface area contributed by atoms with Gasteiger partial charge < -0.3 is 22.3 Å². The molecular formula is C24H25N3O3S. The van der Waals surface area contributed by atoms with E-state index in [1.165, 1.54) is 41.2 Å². The van der Waals surface area contributed by atoms with Crippen molar-refractivity contribution in [2.24, 2.45) is 4.99 Å². The number of benzene rings is 2. The summed E-state index contributed by atoms with van der Waals surface area (Å²) in [7, 11) is 1.57. The third kappa shape index (κ3) is 4.68. The van der Waals surface area contributed by atoms with Crippen molar-refractivity contribution < 1.29 is 19.2 Å². The standard InChI is InChI=1S/C24H25N3O3S/c1-30-20-12-10-19(11-13-20)27-23(29)21(22(28)25-24(27)31)16-17-6-8-18(9-7-17)26-14-4-2-3-5-15-26/h6-13,16H,2-5,14-15H2,1H3,(H,25,28,31)/b21-16+. The molecule has 2 aromatic rings. The van der Waals surface area contributed by atoms with E-state index in [-0.39, 0.29) is 10.7 Å². The Morgan fingerprint density at radius 1 is 0.968 bits per heavy atom. The fourth-order valence-electron chi connectivity index (χ4n) is 4.00. The van der Waals surface area contributed by atoms with Gasteiger partial charge in [0.05, 0.1) is 20.2 Å². The highest BCUT2D eigenvalue weighted by Crippen LogP contribution is 2.25. The van der Waals surface area contributed by atoms with E-state index in [2.05, 4.69) is 17.1 Å². The largest absolute Gasteiger partial charge is 0.742 e. The summed E-state index contributed by atoms with van der Waals surface area (Å²) >= 11 is 5.20. The van der Waals surface area contributed by atoms with Gasteiger partial charge in [-0.1, -0.05) is 0 Å². The Bertz CT molecular complexity index is 1020. The zero-order valence-corrected chi connectivity index (χ0v) is 18.3. The molecule has 0 saturated carbocycles. The van der Waals surface area contributed by atoms with Crippen LogP contribution in [0.5, 0.6) is 5.75 Å². The second kappa shape index (κ2) is 9.41. The second-order valence-electron chi connectivity index (χ2n) is 7.74. The van der Waals surface area contributed by atoms with Crippen LogP contribution >= 0.6 is 0 Å². The van der Waals surface area contributed by atoms with E-state index in [0.717, 1.165) is 18.7 Å². The summed E-state index contributed by atoms with van der Waals surface area (Å²) in [5, 5.41) is -0.0579. The van der Waals surface area contributed by atoms with E-state index in [4.69, 9.17) is 17.4 Å². The van der Waals surface area contributed by atoms with Gasteiger partial charge in [-0.05, 0) is 91.0 Å². The fourth-order valence-corrected chi connectivity index (χ4v) is 4.28. The number of carbonyl (C=O) groups excluding carboxylic acids is 2. The van der Waals surface area contributed by atoms with Crippen molar-refractivity contribution in [3.8, 4) is 5.75 Å². The van der Waals surface area contributed by atoms with E-state index in [0.29, 0.717) is 11.4 Å². The molecule has 31 heavy (non-hydrogen) atoms. The predicted octanol–water partition coefficient (Wildman–Crippen LogP) is 2.65. The van der Waals surface area contributed by atoms with E-state index >= 15 is 0 Å². The number of amides is 2. The van der Waals surface area contributed by atoms with Crippen LogP contribution in [0.4, 0.5) is 11.4 Å². The maximum absolute atomic E-state index is 13.1. The van der Waals surface area contributed by atoms with Crippen LogP contribution in [0.3, 0.4) is 0 Å². The lowest BCUT2D eigenvalue weighted by molar-refractivity contribution is -0.831. The van der Waals surface area contributed by atoms with Gasteiger partial charge in [0.1, 0.15) is 17.0 Å². The van der Waals surface area contributed by atoms with Crippen molar-refractivity contribution in [2.75, 3.05) is 25.1 Å². The highest BCUT2D eigenvalue weighted by Gasteiger charge is 2.29. The van der Waals surface area contributed by atoms with Crippen LogP contribution in [0.1, 0.15) is 31.2 Å². The number of nitrogens with zero attached hydrogens (tertiary/aromatic N) is 2. The molecule has 2 heterocycles. The smallest absolute Gasteiger partial charge is 0.282 e. The first-order chi connectivity index (χ1) is 15.1. The summed E-state index contributed by atoms with van der Waals surface area (Å²) in [6.07, 6.45) is 6.68. The molecule has 4 rings (SSSR count). The Morgan fingerprint density at radius 3 is 2.23 bits per heavy atom. The van der Waals surface area contributed by atoms with Crippen LogP contribution in [0.25, 0.3) is 6.08 Å². The number of anilines is 1. The second-order valence-corrected chi connectivity index (χ2v) is 8.10. The Kier molecular flexibility index (Phi) is 6.44. The molecule has 0 bridgehead atoms. The van der Waals surface area contributed by atoms with E-state index < -0.39 is 11.8 Å². The van der Waals surface area contributed by atoms with Gasteiger partial charge in [0.25, 0.3) is 11.8 Å². The summed E-state index contributed by atoms with van der Waals surface area (Å²) in [6, 6.07) is 14.9. The summed E-state index contributed by atoms with van der Waals surface area (Å²) in [6.45, 7) is 2.29. The highest BCUT2D eigenvalue weighted by molar-refractivity contribution is 7.78. The van der Waals surface area contributed by atoms with Crippen molar-refractivity contribution in [3.63, 3.8) is 0 Å². The third-order valence-corrected chi connectivity index (χ3v) is 5.99. The number of hydrogen-bond donors (Lipinski definition) is 1. The van der Waals surface area contributed by atoms with Crippen molar-refractivity contribution in [1.29, 1.82) is 0 Å². The van der Waals surface area contributed by atoms with E-state index in [1.807, 2.05) is 12.1 Å². The van der Waals surface area contributed by atoms with Crippen LogP contribution in [0.2, 0.25) is 0 Å². The summed E-state index contributed by atoms with van der Waals surface area (Å²) in [4.78, 5) is 32.2. The molecule has 0 atom stereocenters. The van der Waals surface area contributed by atoms with Crippen LogP contribution in [0, 0.1) is 0 Å². The van der Waals surface area contributed by atoms with Crippen molar-refractivity contribution in [1.82, 2.24) is 0 Å². The van der Waals surface area contributed by atoms with Crippen LogP contribution < -0.4 is 14.5 Å². The van der Waals surface area contributed by atoms with Gasteiger partial charge >= 0.3 is 0 Å². The number of ether oxygens (including phenoxy) is 1. The lowest BCUT2D eigenvalue weighted by Gasteiger charge is -2.32. The average molecular weight is 436 g/mol. The number of carbonyl (C=O) groups is 2. The SMILES string of the molecule is COc1ccc(N2C(=O)/C(=C/c3ccc([NH+]4CCCCCC4)cc3)C(=O)N=C2[S-])cc1. The maximum Gasteiger partial charge on any atom is 0.282 e. The average Bonchev–Trinajstić information content (AvgIpc) is 3.07. The first-order valence-corrected chi connectivity index (χ1v) is 10.9. The third-order valence-electron chi connectivity index (χ3n) is 5.72. The predicted molar refractivity (Wildman–Crippen MR) is 124 cm³/mol. The molecule has 1 saturated heterocycles. The number of rotatable bonds is 4. The van der Waals surface area contributed by atoms with Crippen LogP contribution in [0.15, 0.2) is 59.1 Å². The van der Waals surface area contributed by atoms with Gasteiger partial charge in [0, 0.05) is 5.69 Å². The number of methoxy groups -OCH3 is 1. The summed E-state index contributed by atoms with van der Waals surface area (Å²) < 4.78 is 5.16. The minimum absolute atomic E-state index is 0.000660. The van der Waals surface area contributed by atoms with Crippen LogP contribution in [-0.2, 0) is 22.2 Å². The molecule has 7 heteroatoms. The molecule has 1 fully saturated rings. The number of nitrogens with one attached hydrogen (secondary N) is 1. The maximum atomic E-state index is 13.1. The molecule has 0 unspecified atom stereocenters. The molecule has 0 aliphatic carbocycles. The zero-order chi connectivity index (χ0) is 21.8. The highest BCUT2D eigenvalue weighted by atomic mass is 32.1. The lowest BCUT2D eigenvalue weighted by Crippen LogP contribution is -3.07. The normalized spacial score (nSPS) is 19.3. The fraction of sp³-hybridized carbons (Fsp3) is 0.292. The lowest BCUT2D eigenvalue weighted by atomic mass is 10.1. The molecule has 0 aromatic heterocycles. The Balaban J connectivity index is 1.59. The quantitative estimate of drug-likeness (QED) is 0.456. The van der Waals surface area contributed by atoms with Gasteiger partial charge in [-0.15, -0.1) is 0 Å². The number of amidine groups is 1. The molecule has 6 nitrogen and oxygen atoms in total. The zero-order valence-electron chi connectivity index (χ0n) is 17.5. The molecule has 2 amide bonds. The van der Waals surface area contributed by atoms with Gasteiger partial charge in [0.15, 0.2) is 0 Å². The van der Waals surface area contributed by atoms with Crippen molar-refractivity contribution in [2.45, 2.75) is 25.7 Å². The van der Waals surface area contributed by atoms with Crippen molar-refractivity contribution in [3.05, 3.63) is 59.7 Å². The minimum atomic E-state index is -0.609. The molecule has 160 valence electrons. The monoisotopic (exact) mass is 435 g/mol. The molecule has 2 aliphatic rings. The summed E-state index contributed by atoms with van der Waals surface area (Å²) in [5.74, 6) is -0.422. The van der Waals surface area contributed by atoms with Crippen molar-refractivity contribution >= 4 is 47.1 Å². The van der Waals surface area contributed by atoms with Gasteiger partial charge in [0.2, 0.25) is 0 Å². The molecular weight excluding hydrogens is 410 g/mol. The van der Waals surface area contributed by atoms with Gasteiger partial charge in [-0.2, -0.15) is 0 Å². The van der Waals surface area contributed by atoms with Crippen LogP contribution in [-0.4, -0.2) is 37.2 Å². The Labute approximate surface area is 187 Å². The molecule has 0 spiro atoms. The first kappa shape index (κ1) is 21.2. The Morgan fingerprint density at radius 2 is 1.61 bits per heavy atom. The van der Waals surface area contributed by atoms with E-state index in [1.54, 1.807) is 37.5 Å². The van der Waals surface area contributed by atoms with Gasteiger partial charge in [-0.3, -0.25) is 14.5 Å². The number of aliphatic imine (C=N–C) groups is 1. The minimum Gasteiger partial charge on any atom is -0.742 e. The molecule has 0 radical (unpaired) electrons. The van der Waals surface area contributed by atoms with Gasteiger partial charge in [-0.25, -0.2) is 4.99 Å². The molecule has 2 aliphatic heterocycles. The number of quaternary nitrogens is 1. The first-order valence-electron chi connectivity index (χ1n) is 10.5. The molecule has 2 aromatic carbocycles. The van der Waals surface area contributed by atoms with E-state index in [9.17, 15) is 9.59 Å².